The summed E-state index contributed by atoms with van der Waals surface area (Å²) in [5.74, 6) is 0.0790. The Morgan fingerprint density at radius 3 is 2.24 bits per heavy atom. The molecule has 10 heteroatoms. The summed E-state index contributed by atoms with van der Waals surface area (Å²) in [7, 11) is 0. The number of thiazole rings is 1. The van der Waals surface area contributed by atoms with Gasteiger partial charge in [0.2, 0.25) is 0 Å². The Morgan fingerprint density at radius 2 is 1.64 bits per heavy atom. The second-order valence-corrected chi connectivity index (χ2v) is 9.70. The van der Waals surface area contributed by atoms with E-state index in [-0.39, 0.29) is 22.9 Å². The van der Waals surface area contributed by atoms with Gasteiger partial charge < -0.3 is 5.73 Å². The van der Waals surface area contributed by atoms with Gasteiger partial charge in [0.25, 0.3) is 0 Å². The lowest BCUT2D eigenvalue weighted by atomic mass is 10.1. The molecule has 4 aromatic rings. The van der Waals surface area contributed by atoms with Crippen LogP contribution in [-0.4, -0.2) is 26.5 Å². The molecule has 0 aliphatic carbocycles. The molecule has 0 radical (unpaired) electrons. The Kier molecular flexibility index (Phi) is 6.96. The van der Waals surface area contributed by atoms with Crippen molar-refractivity contribution < 1.29 is 4.79 Å². The number of aromatic nitrogens is 3. The predicted molar refractivity (Wildman–Crippen MR) is 134 cm³/mol. The molecule has 0 saturated carbocycles. The van der Waals surface area contributed by atoms with E-state index in [2.05, 4.69) is 21.0 Å². The maximum atomic E-state index is 12.9. The molecular formula is C23H15Cl2N5OS2. The molecule has 0 atom stereocenters. The van der Waals surface area contributed by atoms with Crippen molar-refractivity contribution in [2.75, 3.05) is 11.5 Å². The summed E-state index contributed by atoms with van der Waals surface area (Å²) in [6.45, 7) is 1.81. The number of carbonyl (C=O) groups is 1. The fourth-order valence-electron chi connectivity index (χ4n) is 3.01. The molecule has 0 aliphatic rings. The van der Waals surface area contributed by atoms with Gasteiger partial charge in [0.05, 0.1) is 22.0 Å². The van der Waals surface area contributed by atoms with Crippen LogP contribution >= 0.6 is 46.3 Å². The number of nitrogen functional groups attached to an aromatic ring is 1. The van der Waals surface area contributed by atoms with Crippen LogP contribution in [0.15, 0.2) is 53.7 Å². The molecule has 0 bridgehead atoms. The van der Waals surface area contributed by atoms with E-state index >= 15 is 0 Å². The molecule has 2 heterocycles. The smallest absolute Gasteiger partial charge is 0.190 e. The van der Waals surface area contributed by atoms with Crippen molar-refractivity contribution in [1.82, 2.24) is 15.0 Å². The van der Waals surface area contributed by atoms with E-state index < -0.39 is 0 Å². The lowest BCUT2D eigenvalue weighted by molar-refractivity contribution is 0.102. The Morgan fingerprint density at radius 1 is 1.03 bits per heavy atom. The van der Waals surface area contributed by atoms with Crippen LogP contribution in [0.1, 0.15) is 20.9 Å². The first-order valence-electron chi connectivity index (χ1n) is 9.58. The highest BCUT2D eigenvalue weighted by Gasteiger charge is 2.19. The maximum absolute atomic E-state index is 12.9. The van der Waals surface area contributed by atoms with E-state index in [0.29, 0.717) is 37.0 Å². The monoisotopic (exact) mass is 511 g/mol. The number of benzene rings is 2. The highest BCUT2D eigenvalue weighted by Crippen LogP contribution is 2.32. The number of ketones is 1. The van der Waals surface area contributed by atoms with Gasteiger partial charge in [-0.2, -0.15) is 5.26 Å². The van der Waals surface area contributed by atoms with Crippen LogP contribution in [-0.2, 0) is 0 Å². The zero-order valence-corrected chi connectivity index (χ0v) is 20.3. The third-order valence-corrected chi connectivity index (χ3v) is 7.22. The highest BCUT2D eigenvalue weighted by molar-refractivity contribution is 7.99. The topological polar surface area (TPSA) is 106 Å². The van der Waals surface area contributed by atoms with Crippen molar-refractivity contribution in [2.45, 2.75) is 12.1 Å². The first-order valence-corrected chi connectivity index (χ1v) is 12.1. The van der Waals surface area contributed by atoms with Crippen LogP contribution in [0.4, 0.5) is 5.82 Å². The van der Waals surface area contributed by atoms with E-state index in [9.17, 15) is 10.1 Å². The Labute approximate surface area is 208 Å². The van der Waals surface area contributed by atoms with Crippen LogP contribution in [0, 0.1) is 18.3 Å². The molecule has 0 spiro atoms. The van der Waals surface area contributed by atoms with Crippen LogP contribution in [0.3, 0.4) is 0 Å². The molecule has 33 heavy (non-hydrogen) atoms. The summed E-state index contributed by atoms with van der Waals surface area (Å²) < 4.78 is 0. The number of nitrogens with two attached hydrogens (primary N) is 1. The van der Waals surface area contributed by atoms with Crippen molar-refractivity contribution in [1.29, 1.82) is 5.26 Å². The first-order chi connectivity index (χ1) is 15.9. The molecule has 0 aliphatic heterocycles. The van der Waals surface area contributed by atoms with Gasteiger partial charge in [-0.25, -0.2) is 15.0 Å². The number of nitriles is 1. The summed E-state index contributed by atoms with van der Waals surface area (Å²) in [6.07, 6.45) is 0. The minimum Gasteiger partial charge on any atom is -0.382 e. The highest BCUT2D eigenvalue weighted by atomic mass is 35.5. The van der Waals surface area contributed by atoms with E-state index in [1.54, 1.807) is 36.4 Å². The summed E-state index contributed by atoms with van der Waals surface area (Å²) >= 11 is 14.4. The van der Waals surface area contributed by atoms with E-state index in [1.807, 2.05) is 19.1 Å². The summed E-state index contributed by atoms with van der Waals surface area (Å²) in [5, 5.41) is 11.8. The predicted octanol–water partition coefficient (Wildman–Crippen LogP) is 6.31. The zero-order chi connectivity index (χ0) is 23.5. The average Bonchev–Trinajstić information content (AvgIpc) is 3.19. The summed E-state index contributed by atoms with van der Waals surface area (Å²) in [5.41, 5.74) is 8.83. The van der Waals surface area contributed by atoms with Crippen LogP contribution in [0.2, 0.25) is 10.0 Å². The van der Waals surface area contributed by atoms with Gasteiger partial charge in [-0.3, -0.25) is 4.79 Å². The molecule has 4 rings (SSSR count). The van der Waals surface area contributed by atoms with Gasteiger partial charge in [-0.1, -0.05) is 59.2 Å². The van der Waals surface area contributed by atoms with Gasteiger partial charge >= 0.3 is 0 Å². The summed E-state index contributed by atoms with van der Waals surface area (Å²) in [6, 6.07) is 16.3. The number of anilines is 1. The molecule has 0 amide bonds. The van der Waals surface area contributed by atoms with Crippen molar-refractivity contribution in [2.24, 2.45) is 0 Å². The molecular weight excluding hydrogens is 497 g/mol. The van der Waals surface area contributed by atoms with Crippen molar-refractivity contribution >= 4 is 57.9 Å². The Hall–Kier alpha value is -2.96. The lowest BCUT2D eigenvalue weighted by Crippen LogP contribution is -2.06. The van der Waals surface area contributed by atoms with Crippen molar-refractivity contribution in [3.8, 4) is 27.9 Å². The fourth-order valence-corrected chi connectivity index (χ4v) is 5.09. The number of halogens is 2. The average molecular weight is 512 g/mol. The minimum atomic E-state index is -0.0882. The molecule has 2 N–H and O–H groups in total. The zero-order valence-electron chi connectivity index (χ0n) is 17.2. The molecule has 2 aromatic heterocycles. The SMILES string of the molecule is Cc1nc(-c2ccc(Cl)cc2)sc1C(=O)CSc1nc(N)c(C#N)c(-c2ccc(Cl)cc2)n1. The third kappa shape index (κ3) is 5.18. The van der Waals surface area contributed by atoms with Gasteiger partial charge in [0.1, 0.15) is 22.5 Å². The van der Waals surface area contributed by atoms with Crippen LogP contribution in [0.5, 0.6) is 0 Å². The van der Waals surface area contributed by atoms with E-state index in [0.717, 1.165) is 22.3 Å². The van der Waals surface area contributed by atoms with Crippen molar-refractivity contribution in [3.63, 3.8) is 0 Å². The van der Waals surface area contributed by atoms with Gasteiger partial charge in [-0.05, 0) is 31.2 Å². The molecule has 0 fully saturated rings. The molecule has 0 unspecified atom stereocenters. The number of nitrogens with zero attached hydrogens (tertiary/aromatic N) is 4. The number of Topliss-reactive ketones (excluding diaryl/α,β-unsaturated/α-hetero) is 1. The largest absolute Gasteiger partial charge is 0.382 e. The Bertz CT molecular complexity index is 1380. The van der Waals surface area contributed by atoms with Crippen LogP contribution in [0.25, 0.3) is 21.8 Å². The molecule has 2 aromatic carbocycles. The number of hydrogen-bond acceptors (Lipinski definition) is 8. The molecule has 0 saturated heterocycles. The van der Waals surface area contributed by atoms with Gasteiger partial charge in [0.15, 0.2) is 10.9 Å². The fraction of sp³-hybridized carbons (Fsp3) is 0.0870. The van der Waals surface area contributed by atoms with Crippen LogP contribution < -0.4 is 5.73 Å². The number of hydrogen-bond donors (Lipinski definition) is 1. The first kappa shape index (κ1) is 23.2. The number of rotatable bonds is 6. The minimum absolute atomic E-state index is 0.0615. The maximum Gasteiger partial charge on any atom is 0.190 e. The van der Waals surface area contributed by atoms with Crippen molar-refractivity contribution in [3.05, 3.63) is 74.7 Å². The van der Waals surface area contributed by atoms with Gasteiger partial charge in [0, 0.05) is 21.2 Å². The number of aryl methyl sites for hydroxylation is 1. The second kappa shape index (κ2) is 9.89. The summed E-state index contributed by atoms with van der Waals surface area (Å²) in [4.78, 5) is 26.7. The molecule has 6 nitrogen and oxygen atoms in total. The number of carbonyl (C=O) groups excluding carboxylic acids is 1. The quantitative estimate of drug-likeness (QED) is 0.183. The Balaban J connectivity index is 1.56. The standard InChI is InChI=1S/C23H15Cl2N5OS2/c1-12-20(33-22(28-12)14-4-8-16(25)9-5-14)18(31)11-32-23-29-19(17(10-26)21(27)30-23)13-2-6-15(24)7-3-13/h2-9H,11H2,1H3,(H2,27,29,30). The lowest BCUT2D eigenvalue weighted by Gasteiger charge is -2.08. The normalized spacial score (nSPS) is 10.7. The molecule has 164 valence electrons. The third-order valence-electron chi connectivity index (χ3n) is 4.62. The van der Waals surface area contributed by atoms with E-state index in [4.69, 9.17) is 28.9 Å². The van der Waals surface area contributed by atoms with E-state index in [1.165, 1.54) is 11.3 Å². The number of thioether (sulfide) groups is 1. The second-order valence-electron chi connectivity index (χ2n) is 6.89. The van der Waals surface area contributed by atoms with Gasteiger partial charge in [-0.15, -0.1) is 11.3 Å².